The van der Waals surface area contributed by atoms with E-state index in [9.17, 15) is 4.79 Å². The number of hydrogen-bond donors (Lipinski definition) is 0. The normalized spacial score (nSPS) is 8.23. The Balaban J connectivity index is 0.000000424. The summed E-state index contributed by atoms with van der Waals surface area (Å²) in [6.07, 6.45) is 1.25. The first-order chi connectivity index (χ1) is 6.20. The molecule has 0 atom stereocenters. The Morgan fingerprint density at radius 1 is 1.23 bits per heavy atom. The lowest BCUT2D eigenvalue weighted by atomic mass is 10.3. The molecular weight excluding hydrogens is 164 g/mol. The van der Waals surface area contributed by atoms with Gasteiger partial charge in [-0.15, -0.1) is 0 Å². The number of hydrogen-bond acceptors (Lipinski definition) is 2. The molecule has 2 nitrogen and oxygen atoms in total. The molecule has 0 heterocycles. The molecule has 0 aromatic heterocycles. The van der Waals surface area contributed by atoms with Crippen molar-refractivity contribution in [3.8, 4) is 5.75 Å². The van der Waals surface area contributed by atoms with Gasteiger partial charge in [0, 0.05) is 6.92 Å². The Hall–Kier alpha value is -1.31. The average molecular weight is 180 g/mol. The van der Waals surface area contributed by atoms with E-state index in [0.29, 0.717) is 5.75 Å². The quantitative estimate of drug-likeness (QED) is 0.490. The van der Waals surface area contributed by atoms with Crippen LogP contribution in [-0.2, 0) is 4.79 Å². The minimum Gasteiger partial charge on any atom is -0.427 e. The van der Waals surface area contributed by atoms with Crippen LogP contribution in [0.4, 0.5) is 0 Å². The molecule has 0 aliphatic heterocycles. The fourth-order valence-corrected chi connectivity index (χ4v) is 0.655. The van der Waals surface area contributed by atoms with Crippen LogP contribution in [0.5, 0.6) is 5.75 Å². The number of esters is 1. The van der Waals surface area contributed by atoms with E-state index in [1.54, 1.807) is 12.1 Å². The highest BCUT2D eigenvalue weighted by Crippen LogP contribution is 2.07. The van der Waals surface area contributed by atoms with Gasteiger partial charge in [-0.25, -0.2) is 0 Å². The largest absolute Gasteiger partial charge is 0.427 e. The maximum Gasteiger partial charge on any atom is 0.308 e. The van der Waals surface area contributed by atoms with Gasteiger partial charge in [0.05, 0.1) is 0 Å². The third-order valence-corrected chi connectivity index (χ3v) is 1.00. The Morgan fingerprint density at radius 3 is 2.08 bits per heavy atom. The molecule has 2 heteroatoms. The first-order valence-corrected chi connectivity index (χ1v) is 4.44. The second-order valence-corrected chi connectivity index (χ2v) is 2.61. The van der Waals surface area contributed by atoms with Crippen LogP contribution in [0.25, 0.3) is 0 Å². The standard InChI is InChI=1S/C8H8O2.C3H8/c1-7(9)10-8-5-3-2-4-6-8;1-3-2/h2-6H,1H3;3H2,1-2H3. The molecule has 0 saturated heterocycles. The van der Waals surface area contributed by atoms with E-state index in [4.69, 9.17) is 4.74 Å². The van der Waals surface area contributed by atoms with Crippen LogP contribution >= 0.6 is 0 Å². The van der Waals surface area contributed by atoms with Gasteiger partial charge in [0.2, 0.25) is 0 Å². The highest BCUT2D eigenvalue weighted by molar-refractivity contribution is 5.69. The van der Waals surface area contributed by atoms with Gasteiger partial charge in [0.1, 0.15) is 5.75 Å². The lowest BCUT2D eigenvalue weighted by Crippen LogP contribution is -2.00. The Kier molecular flexibility index (Phi) is 6.60. The van der Waals surface area contributed by atoms with Gasteiger partial charge in [0.25, 0.3) is 0 Å². The minimum absolute atomic E-state index is 0.286. The maximum absolute atomic E-state index is 10.4. The maximum atomic E-state index is 10.4. The van der Waals surface area contributed by atoms with Crippen molar-refractivity contribution in [1.82, 2.24) is 0 Å². The zero-order valence-corrected chi connectivity index (χ0v) is 8.41. The Labute approximate surface area is 79.5 Å². The van der Waals surface area contributed by atoms with Gasteiger partial charge in [-0.3, -0.25) is 4.79 Å². The lowest BCUT2D eigenvalue weighted by molar-refractivity contribution is -0.131. The van der Waals surface area contributed by atoms with E-state index in [2.05, 4.69) is 13.8 Å². The summed E-state index contributed by atoms with van der Waals surface area (Å²) in [5.74, 6) is 0.307. The topological polar surface area (TPSA) is 26.3 Å². The number of benzene rings is 1. The summed E-state index contributed by atoms with van der Waals surface area (Å²) in [4.78, 5) is 10.4. The lowest BCUT2D eigenvalue weighted by Gasteiger charge is -1.97. The van der Waals surface area contributed by atoms with Gasteiger partial charge in [-0.2, -0.15) is 0 Å². The molecule has 0 aliphatic rings. The second kappa shape index (κ2) is 7.35. The molecule has 0 fully saturated rings. The number of carbonyl (C=O) groups excluding carboxylic acids is 1. The molecule has 72 valence electrons. The molecule has 1 aromatic rings. The molecule has 0 amide bonds. The van der Waals surface area contributed by atoms with Crippen molar-refractivity contribution in [3.05, 3.63) is 30.3 Å². The van der Waals surface area contributed by atoms with Crippen LogP contribution in [-0.4, -0.2) is 5.97 Å². The van der Waals surface area contributed by atoms with Crippen LogP contribution in [0.2, 0.25) is 0 Å². The molecule has 0 aliphatic carbocycles. The van der Waals surface area contributed by atoms with Crippen LogP contribution in [0, 0.1) is 0 Å². The predicted octanol–water partition coefficient (Wildman–Crippen LogP) is 3.03. The number of ether oxygens (including phenoxy) is 1. The van der Waals surface area contributed by atoms with Crippen molar-refractivity contribution in [2.45, 2.75) is 27.2 Å². The summed E-state index contributed by atoms with van der Waals surface area (Å²) in [6, 6.07) is 8.98. The zero-order valence-electron chi connectivity index (χ0n) is 8.41. The van der Waals surface area contributed by atoms with Crippen molar-refractivity contribution in [1.29, 1.82) is 0 Å². The van der Waals surface area contributed by atoms with E-state index in [1.165, 1.54) is 13.3 Å². The smallest absolute Gasteiger partial charge is 0.308 e. The van der Waals surface area contributed by atoms with Crippen molar-refractivity contribution >= 4 is 5.97 Å². The number of carbonyl (C=O) groups is 1. The van der Waals surface area contributed by atoms with Crippen molar-refractivity contribution in [2.24, 2.45) is 0 Å². The van der Waals surface area contributed by atoms with Crippen LogP contribution in [0.1, 0.15) is 27.2 Å². The van der Waals surface area contributed by atoms with E-state index in [1.807, 2.05) is 18.2 Å². The summed E-state index contributed by atoms with van der Waals surface area (Å²) in [7, 11) is 0. The predicted molar refractivity (Wildman–Crippen MR) is 53.7 cm³/mol. The summed E-state index contributed by atoms with van der Waals surface area (Å²) in [6.45, 7) is 5.63. The summed E-state index contributed by atoms with van der Waals surface area (Å²) >= 11 is 0. The second-order valence-electron chi connectivity index (χ2n) is 2.61. The fraction of sp³-hybridized carbons (Fsp3) is 0.364. The Bertz CT molecular complexity index is 229. The van der Waals surface area contributed by atoms with Crippen molar-refractivity contribution in [2.75, 3.05) is 0 Å². The molecule has 0 spiro atoms. The van der Waals surface area contributed by atoms with Gasteiger partial charge >= 0.3 is 5.97 Å². The van der Waals surface area contributed by atoms with E-state index < -0.39 is 0 Å². The van der Waals surface area contributed by atoms with Crippen LogP contribution in [0.15, 0.2) is 30.3 Å². The van der Waals surface area contributed by atoms with Crippen LogP contribution in [0.3, 0.4) is 0 Å². The third-order valence-electron chi connectivity index (χ3n) is 1.00. The van der Waals surface area contributed by atoms with Gasteiger partial charge < -0.3 is 4.74 Å². The van der Waals surface area contributed by atoms with E-state index >= 15 is 0 Å². The fourth-order valence-electron chi connectivity index (χ4n) is 0.655. The van der Waals surface area contributed by atoms with Gasteiger partial charge in [0.15, 0.2) is 0 Å². The highest BCUT2D eigenvalue weighted by atomic mass is 16.5. The van der Waals surface area contributed by atoms with Crippen LogP contribution < -0.4 is 4.74 Å². The first kappa shape index (κ1) is 11.7. The SMILES string of the molecule is CC(=O)Oc1ccccc1.CCC. The Morgan fingerprint density at radius 2 is 1.69 bits per heavy atom. The molecule has 0 bridgehead atoms. The number of para-hydroxylation sites is 1. The first-order valence-electron chi connectivity index (χ1n) is 4.44. The highest BCUT2D eigenvalue weighted by Gasteiger charge is 1.92. The monoisotopic (exact) mass is 180 g/mol. The molecule has 1 rings (SSSR count). The van der Waals surface area contributed by atoms with Crippen molar-refractivity contribution in [3.63, 3.8) is 0 Å². The van der Waals surface area contributed by atoms with Crippen molar-refractivity contribution < 1.29 is 9.53 Å². The molecule has 13 heavy (non-hydrogen) atoms. The van der Waals surface area contributed by atoms with Gasteiger partial charge in [-0.05, 0) is 12.1 Å². The third kappa shape index (κ3) is 7.06. The summed E-state index contributed by atoms with van der Waals surface area (Å²) in [5.41, 5.74) is 0. The van der Waals surface area contributed by atoms with Gasteiger partial charge in [-0.1, -0.05) is 38.5 Å². The molecule has 0 saturated carbocycles. The van der Waals surface area contributed by atoms with E-state index in [-0.39, 0.29) is 5.97 Å². The average Bonchev–Trinajstić information content (AvgIpc) is 2.06. The molecule has 0 radical (unpaired) electrons. The summed E-state index contributed by atoms with van der Waals surface area (Å²) < 4.78 is 4.78. The molecule has 0 N–H and O–H groups in total. The minimum atomic E-state index is -0.286. The zero-order chi connectivity index (χ0) is 10.1. The molecule has 1 aromatic carbocycles. The number of rotatable bonds is 1. The van der Waals surface area contributed by atoms with E-state index in [0.717, 1.165) is 0 Å². The summed E-state index contributed by atoms with van der Waals surface area (Å²) in [5, 5.41) is 0. The molecule has 0 unspecified atom stereocenters. The molecular formula is C11H16O2.